The molecule has 0 atom stereocenters. The standard InChI is InChI=1S/C23H26N6O2/c1-17-24-22(27-23(25-17)29-13-11-28(12-14-29)15-16-30)26-20-9-7-19(8-10-20)21(31)18-5-3-2-4-6-18/h2-10,30H,11-16H2,1H3,(H,24,25,26,27). The Kier molecular flexibility index (Phi) is 6.49. The Morgan fingerprint density at radius 1 is 0.935 bits per heavy atom. The molecule has 1 aliphatic heterocycles. The Morgan fingerprint density at radius 2 is 1.61 bits per heavy atom. The van der Waals surface area contributed by atoms with E-state index in [0.29, 0.717) is 35.4 Å². The number of aliphatic hydroxyl groups excluding tert-OH is 1. The molecule has 0 spiro atoms. The van der Waals surface area contributed by atoms with Gasteiger partial charge in [0, 0.05) is 49.5 Å². The number of piperazine rings is 1. The molecule has 2 aromatic carbocycles. The molecule has 8 heteroatoms. The van der Waals surface area contributed by atoms with Gasteiger partial charge in [0.15, 0.2) is 5.78 Å². The molecule has 1 aromatic heterocycles. The minimum atomic E-state index is -0.00854. The summed E-state index contributed by atoms with van der Waals surface area (Å²) >= 11 is 0. The monoisotopic (exact) mass is 418 g/mol. The number of hydrogen-bond donors (Lipinski definition) is 2. The highest BCUT2D eigenvalue weighted by Crippen LogP contribution is 2.19. The van der Waals surface area contributed by atoms with Crippen LogP contribution in [0.4, 0.5) is 17.6 Å². The quantitative estimate of drug-likeness (QED) is 0.565. The Morgan fingerprint density at radius 3 is 2.29 bits per heavy atom. The molecule has 2 N–H and O–H groups in total. The maximum Gasteiger partial charge on any atom is 0.232 e. The molecule has 2 heterocycles. The fourth-order valence-electron chi connectivity index (χ4n) is 3.57. The summed E-state index contributed by atoms with van der Waals surface area (Å²) in [6.45, 7) is 6.06. The van der Waals surface area contributed by atoms with Gasteiger partial charge in [0.1, 0.15) is 5.82 Å². The van der Waals surface area contributed by atoms with E-state index in [2.05, 4.69) is 30.1 Å². The fraction of sp³-hybridized carbons (Fsp3) is 0.304. The number of aryl methyl sites for hydroxylation is 1. The van der Waals surface area contributed by atoms with Crippen molar-refractivity contribution in [1.82, 2.24) is 19.9 Å². The van der Waals surface area contributed by atoms with Crippen LogP contribution in [0.25, 0.3) is 0 Å². The second-order valence-electron chi connectivity index (χ2n) is 7.46. The Bertz CT molecular complexity index is 1020. The van der Waals surface area contributed by atoms with Gasteiger partial charge in [0.05, 0.1) is 6.61 Å². The highest BCUT2D eigenvalue weighted by molar-refractivity contribution is 6.09. The maximum absolute atomic E-state index is 12.6. The zero-order valence-corrected chi connectivity index (χ0v) is 17.5. The molecule has 0 radical (unpaired) electrons. The van der Waals surface area contributed by atoms with Crippen molar-refractivity contribution in [2.24, 2.45) is 0 Å². The van der Waals surface area contributed by atoms with Crippen LogP contribution in [0.5, 0.6) is 0 Å². The van der Waals surface area contributed by atoms with Crippen LogP contribution in [0.2, 0.25) is 0 Å². The topological polar surface area (TPSA) is 94.5 Å². The van der Waals surface area contributed by atoms with Gasteiger partial charge < -0.3 is 15.3 Å². The van der Waals surface area contributed by atoms with E-state index in [-0.39, 0.29) is 12.4 Å². The van der Waals surface area contributed by atoms with Crippen molar-refractivity contribution < 1.29 is 9.90 Å². The van der Waals surface area contributed by atoms with Crippen molar-refractivity contribution in [3.63, 3.8) is 0 Å². The van der Waals surface area contributed by atoms with E-state index >= 15 is 0 Å². The van der Waals surface area contributed by atoms with Crippen LogP contribution in [0.15, 0.2) is 54.6 Å². The van der Waals surface area contributed by atoms with Gasteiger partial charge in [-0.15, -0.1) is 0 Å². The van der Waals surface area contributed by atoms with Gasteiger partial charge in [-0.1, -0.05) is 30.3 Å². The minimum absolute atomic E-state index is 0.00854. The van der Waals surface area contributed by atoms with Crippen molar-refractivity contribution in [2.45, 2.75) is 6.92 Å². The summed E-state index contributed by atoms with van der Waals surface area (Å²) in [6.07, 6.45) is 0. The number of carbonyl (C=O) groups excluding carboxylic acids is 1. The number of aliphatic hydroxyl groups is 1. The molecule has 160 valence electrons. The number of β-amino-alcohol motifs (C(OH)–C–C–N with tert-alkyl or cyclic N) is 1. The highest BCUT2D eigenvalue weighted by Gasteiger charge is 2.19. The largest absolute Gasteiger partial charge is 0.395 e. The molecule has 1 aliphatic rings. The number of hydrogen-bond acceptors (Lipinski definition) is 8. The molecule has 0 aliphatic carbocycles. The number of nitrogens with zero attached hydrogens (tertiary/aromatic N) is 5. The van der Waals surface area contributed by atoms with Gasteiger partial charge >= 0.3 is 0 Å². The van der Waals surface area contributed by atoms with E-state index in [9.17, 15) is 4.79 Å². The second-order valence-corrected chi connectivity index (χ2v) is 7.46. The summed E-state index contributed by atoms with van der Waals surface area (Å²) < 4.78 is 0. The van der Waals surface area contributed by atoms with Gasteiger partial charge in [-0.25, -0.2) is 0 Å². The normalized spacial score (nSPS) is 14.5. The maximum atomic E-state index is 12.6. The minimum Gasteiger partial charge on any atom is -0.395 e. The number of nitrogens with one attached hydrogen (secondary N) is 1. The summed E-state index contributed by atoms with van der Waals surface area (Å²) in [5.74, 6) is 1.75. The third kappa shape index (κ3) is 5.22. The van der Waals surface area contributed by atoms with Crippen LogP contribution in [-0.4, -0.2) is 70.1 Å². The summed E-state index contributed by atoms with van der Waals surface area (Å²) in [7, 11) is 0. The SMILES string of the molecule is Cc1nc(Nc2ccc(C(=O)c3ccccc3)cc2)nc(N2CCN(CCO)CC2)n1. The first kappa shape index (κ1) is 20.9. The number of anilines is 3. The molecule has 0 bridgehead atoms. The van der Waals surface area contributed by atoms with Gasteiger partial charge in [-0.2, -0.15) is 15.0 Å². The lowest BCUT2D eigenvalue weighted by Gasteiger charge is -2.34. The second kappa shape index (κ2) is 9.63. The average Bonchev–Trinajstić information content (AvgIpc) is 2.80. The van der Waals surface area contributed by atoms with Gasteiger partial charge in [0.25, 0.3) is 0 Å². The molecular formula is C23H26N6O2. The first-order valence-corrected chi connectivity index (χ1v) is 10.4. The van der Waals surface area contributed by atoms with E-state index < -0.39 is 0 Å². The molecule has 1 saturated heterocycles. The summed E-state index contributed by atoms with van der Waals surface area (Å²) in [5, 5.41) is 12.3. The summed E-state index contributed by atoms with van der Waals surface area (Å²) in [5.41, 5.74) is 2.10. The number of aromatic nitrogens is 3. The van der Waals surface area contributed by atoms with Crippen molar-refractivity contribution in [2.75, 3.05) is 49.5 Å². The summed E-state index contributed by atoms with van der Waals surface area (Å²) in [6, 6.07) is 16.5. The van der Waals surface area contributed by atoms with E-state index in [1.165, 1.54) is 0 Å². The third-order valence-corrected chi connectivity index (χ3v) is 5.25. The van der Waals surface area contributed by atoms with Crippen molar-refractivity contribution in [3.05, 3.63) is 71.5 Å². The lowest BCUT2D eigenvalue weighted by atomic mass is 10.0. The average molecular weight is 419 g/mol. The Balaban J connectivity index is 1.44. The Hall–Kier alpha value is -3.36. The number of rotatable bonds is 7. The fourth-order valence-corrected chi connectivity index (χ4v) is 3.57. The first-order valence-electron chi connectivity index (χ1n) is 10.4. The molecular weight excluding hydrogens is 392 g/mol. The first-order chi connectivity index (χ1) is 15.1. The third-order valence-electron chi connectivity index (χ3n) is 5.25. The molecule has 0 saturated carbocycles. The predicted molar refractivity (Wildman–Crippen MR) is 120 cm³/mol. The molecule has 31 heavy (non-hydrogen) atoms. The highest BCUT2D eigenvalue weighted by atomic mass is 16.3. The molecule has 4 rings (SSSR count). The predicted octanol–water partition coefficient (Wildman–Crippen LogP) is 2.27. The van der Waals surface area contributed by atoms with Crippen molar-refractivity contribution in [1.29, 1.82) is 0 Å². The van der Waals surface area contributed by atoms with Gasteiger partial charge in [0.2, 0.25) is 11.9 Å². The zero-order valence-electron chi connectivity index (χ0n) is 17.5. The van der Waals surface area contributed by atoms with Gasteiger partial charge in [-0.05, 0) is 31.2 Å². The van der Waals surface area contributed by atoms with Crippen molar-refractivity contribution >= 4 is 23.4 Å². The zero-order chi connectivity index (χ0) is 21.6. The van der Waals surface area contributed by atoms with E-state index in [1.54, 1.807) is 12.1 Å². The summed E-state index contributed by atoms with van der Waals surface area (Å²) in [4.78, 5) is 30.4. The molecule has 3 aromatic rings. The lowest BCUT2D eigenvalue weighted by molar-refractivity contribution is 0.103. The van der Waals surface area contributed by atoms with Crippen LogP contribution in [0, 0.1) is 6.92 Å². The Labute approximate surface area is 181 Å². The van der Waals surface area contributed by atoms with Crippen LogP contribution in [0.1, 0.15) is 21.7 Å². The molecule has 1 fully saturated rings. The lowest BCUT2D eigenvalue weighted by Crippen LogP contribution is -2.47. The van der Waals surface area contributed by atoms with Crippen LogP contribution < -0.4 is 10.2 Å². The molecule has 0 amide bonds. The molecule has 8 nitrogen and oxygen atoms in total. The van der Waals surface area contributed by atoms with Crippen molar-refractivity contribution in [3.8, 4) is 0 Å². The number of ketones is 1. The van der Waals surface area contributed by atoms with E-state index in [4.69, 9.17) is 5.11 Å². The number of benzene rings is 2. The van der Waals surface area contributed by atoms with Gasteiger partial charge in [-0.3, -0.25) is 9.69 Å². The smallest absolute Gasteiger partial charge is 0.232 e. The van der Waals surface area contributed by atoms with E-state index in [0.717, 1.165) is 31.9 Å². The van der Waals surface area contributed by atoms with Crippen LogP contribution in [-0.2, 0) is 0 Å². The number of carbonyl (C=O) groups is 1. The van der Waals surface area contributed by atoms with Crippen LogP contribution in [0.3, 0.4) is 0 Å². The molecule has 0 unspecified atom stereocenters. The van der Waals surface area contributed by atoms with Crippen LogP contribution >= 0.6 is 0 Å². The van der Waals surface area contributed by atoms with E-state index in [1.807, 2.05) is 49.4 Å².